The summed E-state index contributed by atoms with van der Waals surface area (Å²) in [5, 5.41) is 2.94. The van der Waals surface area contributed by atoms with Crippen LogP contribution < -0.4 is 15.8 Å². The lowest BCUT2D eigenvalue weighted by atomic mass is 10.1. The van der Waals surface area contributed by atoms with Crippen molar-refractivity contribution in [3.63, 3.8) is 0 Å². The number of nitrogens with two attached hydrogens (primary N) is 1. The molecule has 0 aliphatic heterocycles. The Morgan fingerprint density at radius 3 is 2.47 bits per heavy atom. The van der Waals surface area contributed by atoms with Gasteiger partial charge in [0.1, 0.15) is 5.75 Å². The fourth-order valence-corrected chi connectivity index (χ4v) is 1.87. The Morgan fingerprint density at radius 2 is 1.89 bits per heavy atom. The van der Waals surface area contributed by atoms with E-state index in [0.29, 0.717) is 6.42 Å². The van der Waals surface area contributed by atoms with Crippen molar-refractivity contribution in [2.45, 2.75) is 52.3 Å². The number of hydrogen-bond donors (Lipinski definition) is 2. The maximum atomic E-state index is 11.7. The Kier molecular flexibility index (Phi) is 5.83. The minimum atomic E-state index is -0.130. The van der Waals surface area contributed by atoms with Gasteiger partial charge in [0.05, 0.1) is 12.1 Å². The van der Waals surface area contributed by atoms with Gasteiger partial charge < -0.3 is 15.8 Å². The number of ether oxygens (including phenoxy) is 1. The molecule has 0 heterocycles. The molecule has 3 N–H and O–H groups in total. The molecule has 0 aliphatic rings. The molecule has 0 fully saturated rings. The van der Waals surface area contributed by atoms with E-state index in [1.54, 1.807) is 0 Å². The number of para-hydroxylation sites is 1. The number of hydrogen-bond acceptors (Lipinski definition) is 3. The first-order chi connectivity index (χ1) is 8.90. The van der Waals surface area contributed by atoms with Crippen LogP contribution in [0.3, 0.4) is 0 Å². The summed E-state index contributed by atoms with van der Waals surface area (Å²) >= 11 is 0. The highest BCUT2D eigenvalue weighted by Crippen LogP contribution is 2.25. The van der Waals surface area contributed by atoms with Gasteiger partial charge in [-0.1, -0.05) is 18.2 Å². The molecule has 1 aromatic rings. The molecule has 19 heavy (non-hydrogen) atoms. The largest absolute Gasteiger partial charge is 0.491 e. The van der Waals surface area contributed by atoms with Gasteiger partial charge in [-0.2, -0.15) is 0 Å². The quantitative estimate of drug-likeness (QED) is 0.829. The van der Waals surface area contributed by atoms with Crippen molar-refractivity contribution >= 4 is 5.91 Å². The number of benzene rings is 1. The molecular formula is C15H24N2O2. The molecule has 1 rings (SSSR count). The van der Waals surface area contributed by atoms with E-state index in [1.165, 1.54) is 0 Å². The molecule has 0 spiro atoms. The van der Waals surface area contributed by atoms with Crippen molar-refractivity contribution < 1.29 is 9.53 Å². The van der Waals surface area contributed by atoms with Gasteiger partial charge in [0, 0.05) is 18.0 Å². The van der Waals surface area contributed by atoms with Crippen molar-refractivity contribution in [2.75, 3.05) is 0 Å². The predicted molar refractivity (Wildman–Crippen MR) is 77.0 cm³/mol. The average Bonchev–Trinajstić information content (AvgIpc) is 2.27. The van der Waals surface area contributed by atoms with E-state index >= 15 is 0 Å². The van der Waals surface area contributed by atoms with Crippen molar-refractivity contribution in [3.05, 3.63) is 29.8 Å². The van der Waals surface area contributed by atoms with E-state index in [9.17, 15) is 4.79 Å². The Labute approximate surface area is 115 Å². The van der Waals surface area contributed by atoms with Crippen molar-refractivity contribution in [1.82, 2.24) is 5.32 Å². The van der Waals surface area contributed by atoms with Gasteiger partial charge in [-0.05, 0) is 33.8 Å². The second kappa shape index (κ2) is 7.14. The first-order valence-corrected chi connectivity index (χ1v) is 6.70. The van der Waals surface area contributed by atoms with Crippen LogP contribution in [0.25, 0.3) is 0 Å². The van der Waals surface area contributed by atoms with Crippen LogP contribution in [0.1, 0.15) is 45.7 Å². The molecular weight excluding hydrogens is 240 g/mol. The van der Waals surface area contributed by atoms with Crippen molar-refractivity contribution in [3.8, 4) is 5.75 Å². The zero-order valence-electron chi connectivity index (χ0n) is 12.1. The van der Waals surface area contributed by atoms with E-state index in [1.807, 2.05) is 52.0 Å². The first kappa shape index (κ1) is 15.5. The van der Waals surface area contributed by atoms with Crippen molar-refractivity contribution in [1.29, 1.82) is 0 Å². The third-order valence-electron chi connectivity index (χ3n) is 2.63. The maximum Gasteiger partial charge on any atom is 0.222 e. The maximum absolute atomic E-state index is 11.7. The van der Waals surface area contributed by atoms with Gasteiger partial charge in [0.15, 0.2) is 0 Å². The third kappa shape index (κ3) is 5.30. The van der Waals surface area contributed by atoms with Gasteiger partial charge in [0.25, 0.3) is 0 Å². The van der Waals surface area contributed by atoms with Crippen LogP contribution in [0.15, 0.2) is 24.3 Å². The molecule has 106 valence electrons. The number of amides is 1. The summed E-state index contributed by atoms with van der Waals surface area (Å²) < 4.78 is 5.75. The highest BCUT2D eigenvalue weighted by atomic mass is 16.5. The second-order valence-electron chi connectivity index (χ2n) is 5.18. The van der Waals surface area contributed by atoms with Gasteiger partial charge >= 0.3 is 0 Å². The Morgan fingerprint density at radius 1 is 1.26 bits per heavy atom. The summed E-state index contributed by atoms with van der Waals surface area (Å²) in [6.45, 7) is 7.73. The molecule has 0 aromatic heterocycles. The van der Waals surface area contributed by atoms with Crippen LogP contribution in [0, 0.1) is 0 Å². The van der Waals surface area contributed by atoms with Crippen LogP contribution in [0.2, 0.25) is 0 Å². The minimum absolute atomic E-state index is 0.0400. The monoisotopic (exact) mass is 264 g/mol. The summed E-state index contributed by atoms with van der Waals surface area (Å²) in [6.07, 6.45) is 0.436. The van der Waals surface area contributed by atoms with Crippen LogP contribution in [-0.4, -0.2) is 18.1 Å². The lowest BCUT2D eigenvalue weighted by molar-refractivity contribution is -0.122. The summed E-state index contributed by atoms with van der Waals surface area (Å²) in [5.74, 6) is 0.771. The number of carbonyl (C=O) groups excluding carboxylic acids is 1. The Bertz CT molecular complexity index is 416. The van der Waals surface area contributed by atoms with E-state index in [2.05, 4.69) is 5.32 Å². The molecule has 1 amide bonds. The molecule has 4 heteroatoms. The van der Waals surface area contributed by atoms with E-state index in [0.717, 1.165) is 11.3 Å². The summed E-state index contributed by atoms with van der Waals surface area (Å²) in [7, 11) is 0. The lowest BCUT2D eigenvalue weighted by Gasteiger charge is -2.20. The standard InChI is InChI=1S/C15H24N2O2/c1-10(2)19-14-8-6-5-7-13(14)12(4)17-15(18)9-11(3)16/h5-8,10-12H,9,16H2,1-4H3,(H,17,18). The topological polar surface area (TPSA) is 64.4 Å². The van der Waals surface area contributed by atoms with Gasteiger partial charge in [-0.25, -0.2) is 0 Å². The highest BCUT2D eigenvalue weighted by Gasteiger charge is 2.15. The van der Waals surface area contributed by atoms with E-state index < -0.39 is 0 Å². The second-order valence-corrected chi connectivity index (χ2v) is 5.18. The van der Waals surface area contributed by atoms with E-state index in [-0.39, 0.29) is 24.1 Å². The number of carbonyl (C=O) groups is 1. The third-order valence-corrected chi connectivity index (χ3v) is 2.63. The molecule has 4 nitrogen and oxygen atoms in total. The van der Waals surface area contributed by atoms with Crippen LogP contribution in [-0.2, 0) is 4.79 Å². The van der Waals surface area contributed by atoms with Crippen LogP contribution >= 0.6 is 0 Å². The van der Waals surface area contributed by atoms with Crippen molar-refractivity contribution in [2.24, 2.45) is 5.73 Å². The fourth-order valence-electron chi connectivity index (χ4n) is 1.87. The molecule has 0 saturated heterocycles. The zero-order valence-corrected chi connectivity index (χ0v) is 12.1. The zero-order chi connectivity index (χ0) is 14.4. The molecule has 0 saturated carbocycles. The molecule has 2 unspecified atom stereocenters. The predicted octanol–water partition coefficient (Wildman–Crippen LogP) is 2.39. The Balaban J connectivity index is 2.75. The van der Waals surface area contributed by atoms with Gasteiger partial charge in [0.2, 0.25) is 5.91 Å². The summed E-state index contributed by atoms with van der Waals surface area (Å²) in [6, 6.07) is 7.53. The highest BCUT2D eigenvalue weighted by molar-refractivity contribution is 5.77. The first-order valence-electron chi connectivity index (χ1n) is 6.70. The fraction of sp³-hybridized carbons (Fsp3) is 0.533. The normalized spacial score (nSPS) is 14.0. The smallest absolute Gasteiger partial charge is 0.222 e. The average molecular weight is 264 g/mol. The molecule has 0 radical (unpaired) electrons. The summed E-state index contributed by atoms with van der Waals surface area (Å²) in [4.78, 5) is 11.7. The number of nitrogens with one attached hydrogen (secondary N) is 1. The van der Waals surface area contributed by atoms with Gasteiger partial charge in [-0.15, -0.1) is 0 Å². The number of rotatable bonds is 6. The molecule has 2 atom stereocenters. The van der Waals surface area contributed by atoms with E-state index in [4.69, 9.17) is 10.5 Å². The molecule has 0 aliphatic carbocycles. The van der Waals surface area contributed by atoms with Crippen LogP contribution in [0.4, 0.5) is 0 Å². The Hall–Kier alpha value is -1.55. The summed E-state index contributed by atoms with van der Waals surface area (Å²) in [5.41, 5.74) is 6.60. The van der Waals surface area contributed by atoms with Crippen LogP contribution in [0.5, 0.6) is 5.75 Å². The minimum Gasteiger partial charge on any atom is -0.491 e. The SMILES string of the molecule is CC(N)CC(=O)NC(C)c1ccccc1OC(C)C. The lowest BCUT2D eigenvalue weighted by Crippen LogP contribution is -2.32. The van der Waals surface area contributed by atoms with Gasteiger partial charge in [-0.3, -0.25) is 4.79 Å². The molecule has 1 aromatic carbocycles. The molecule has 0 bridgehead atoms.